The highest BCUT2D eigenvalue weighted by atomic mass is 14.0. The minimum Gasteiger partial charge on any atom is -0.0813 e. The van der Waals surface area contributed by atoms with Crippen molar-refractivity contribution < 1.29 is 0 Å². The number of unbranched alkanes of at least 4 members (excludes halogenated alkanes) is 1. The normalized spacial score (nSPS) is 17.3. The second-order valence-corrected chi connectivity index (χ2v) is 3.00. The van der Waals surface area contributed by atoms with Crippen molar-refractivity contribution in [3.63, 3.8) is 0 Å². The third-order valence-electron chi connectivity index (χ3n) is 2.02. The van der Waals surface area contributed by atoms with Gasteiger partial charge < -0.3 is 0 Å². The van der Waals surface area contributed by atoms with E-state index in [-0.39, 0.29) is 0 Å². The Kier molecular flexibility index (Phi) is 3.15. The topological polar surface area (TPSA) is 0 Å². The summed E-state index contributed by atoms with van der Waals surface area (Å²) >= 11 is 0. The van der Waals surface area contributed by atoms with Gasteiger partial charge in [0.05, 0.1) is 0 Å². The van der Waals surface area contributed by atoms with E-state index in [0.29, 0.717) is 0 Å². The molecule has 0 saturated carbocycles. The van der Waals surface area contributed by atoms with E-state index in [1.807, 2.05) is 0 Å². The van der Waals surface area contributed by atoms with E-state index in [0.717, 1.165) is 6.42 Å². The van der Waals surface area contributed by atoms with Gasteiger partial charge in [-0.25, -0.2) is 0 Å². The van der Waals surface area contributed by atoms with E-state index >= 15 is 0 Å². The summed E-state index contributed by atoms with van der Waals surface area (Å²) in [6.07, 6.45) is 12.5. The fourth-order valence-corrected chi connectivity index (χ4v) is 1.23. The maximum atomic E-state index is 2.33. The summed E-state index contributed by atoms with van der Waals surface area (Å²) in [6, 6.07) is 0. The minimum absolute atomic E-state index is 1.13. The highest BCUT2D eigenvalue weighted by Gasteiger charge is 1.99. The molecule has 11 heavy (non-hydrogen) atoms. The summed E-state index contributed by atoms with van der Waals surface area (Å²) in [5.74, 6) is 0. The van der Waals surface area contributed by atoms with Gasteiger partial charge in [0.25, 0.3) is 0 Å². The fraction of sp³-hybridized carbons (Fsp3) is 0.455. The van der Waals surface area contributed by atoms with Crippen LogP contribution in [0.2, 0.25) is 0 Å². The molecule has 0 nitrogen and oxygen atoms in total. The molecule has 0 bridgehead atoms. The van der Waals surface area contributed by atoms with Gasteiger partial charge in [-0.2, -0.15) is 0 Å². The first-order valence-electron chi connectivity index (χ1n) is 4.37. The summed E-state index contributed by atoms with van der Waals surface area (Å²) in [4.78, 5) is 0. The Balaban J connectivity index is 2.47. The van der Waals surface area contributed by atoms with Crippen molar-refractivity contribution in [2.75, 3.05) is 0 Å². The molecule has 0 unspecified atom stereocenters. The van der Waals surface area contributed by atoms with Gasteiger partial charge in [-0.1, -0.05) is 43.2 Å². The molecule has 1 rings (SSSR count). The Bertz CT molecular complexity index is 204. The van der Waals surface area contributed by atoms with Crippen LogP contribution in [0.3, 0.4) is 0 Å². The Hall–Kier alpha value is -0.780. The zero-order valence-electron chi connectivity index (χ0n) is 7.43. The second-order valence-electron chi connectivity index (χ2n) is 3.00. The lowest BCUT2D eigenvalue weighted by Crippen LogP contribution is -1.80. The van der Waals surface area contributed by atoms with Crippen LogP contribution in [0.4, 0.5) is 0 Å². The minimum atomic E-state index is 1.13. The van der Waals surface area contributed by atoms with Crippen molar-refractivity contribution in [1.82, 2.24) is 0 Å². The van der Waals surface area contributed by atoms with E-state index < -0.39 is 0 Å². The van der Waals surface area contributed by atoms with Crippen molar-refractivity contribution in [2.45, 2.75) is 33.1 Å². The molecule has 0 heteroatoms. The lowest BCUT2D eigenvalue weighted by molar-refractivity contribution is 0.948. The molecule has 0 radical (unpaired) electrons. The van der Waals surface area contributed by atoms with Crippen LogP contribution in [0.5, 0.6) is 0 Å². The van der Waals surface area contributed by atoms with Gasteiger partial charge in [-0.05, 0) is 25.3 Å². The van der Waals surface area contributed by atoms with Crippen LogP contribution >= 0.6 is 0 Å². The predicted octanol–water partition coefficient (Wildman–Crippen LogP) is 3.62. The van der Waals surface area contributed by atoms with Crippen molar-refractivity contribution >= 4 is 0 Å². The van der Waals surface area contributed by atoms with Crippen LogP contribution < -0.4 is 0 Å². The molecule has 0 aliphatic heterocycles. The molecular weight excluding hydrogens is 132 g/mol. The number of allylic oxidation sites excluding steroid dienone is 6. The van der Waals surface area contributed by atoms with Crippen molar-refractivity contribution in [3.8, 4) is 0 Å². The van der Waals surface area contributed by atoms with Crippen LogP contribution in [0.15, 0.2) is 35.5 Å². The number of hydrogen-bond acceptors (Lipinski definition) is 0. The molecule has 0 heterocycles. The molecule has 0 atom stereocenters. The van der Waals surface area contributed by atoms with Gasteiger partial charge >= 0.3 is 0 Å². The fourth-order valence-electron chi connectivity index (χ4n) is 1.23. The van der Waals surface area contributed by atoms with Crippen LogP contribution in [-0.2, 0) is 0 Å². The average Bonchev–Trinajstić information content (AvgIpc) is 2.52. The SMILES string of the molecule is CCCC=C(C)C1=CC=CC1. The molecule has 60 valence electrons. The van der Waals surface area contributed by atoms with Crippen molar-refractivity contribution in [1.29, 1.82) is 0 Å². The quantitative estimate of drug-likeness (QED) is 0.573. The van der Waals surface area contributed by atoms with Gasteiger partial charge in [0.2, 0.25) is 0 Å². The van der Waals surface area contributed by atoms with Gasteiger partial charge in [-0.15, -0.1) is 0 Å². The molecule has 0 spiro atoms. The third kappa shape index (κ3) is 2.38. The molecule has 1 aliphatic rings. The molecule has 0 amide bonds. The molecule has 0 N–H and O–H groups in total. The molecule has 0 aromatic rings. The van der Waals surface area contributed by atoms with E-state index in [1.165, 1.54) is 24.0 Å². The summed E-state index contributed by atoms with van der Waals surface area (Å²) in [6.45, 7) is 4.42. The number of hydrogen-bond donors (Lipinski definition) is 0. The maximum Gasteiger partial charge on any atom is -0.00918 e. The van der Waals surface area contributed by atoms with Crippen LogP contribution in [0, 0.1) is 0 Å². The average molecular weight is 148 g/mol. The summed E-state index contributed by atoms with van der Waals surface area (Å²) in [7, 11) is 0. The summed E-state index contributed by atoms with van der Waals surface area (Å²) in [5.41, 5.74) is 2.94. The first-order valence-corrected chi connectivity index (χ1v) is 4.37. The number of rotatable bonds is 3. The smallest absolute Gasteiger partial charge is 0.00918 e. The molecule has 0 fully saturated rings. The van der Waals surface area contributed by atoms with E-state index in [2.05, 4.69) is 38.2 Å². The Morgan fingerprint density at radius 2 is 2.45 bits per heavy atom. The first-order chi connectivity index (χ1) is 5.34. The molecule has 0 aromatic carbocycles. The third-order valence-corrected chi connectivity index (χ3v) is 2.02. The molecule has 0 saturated heterocycles. The van der Waals surface area contributed by atoms with Gasteiger partial charge in [0.15, 0.2) is 0 Å². The highest BCUT2D eigenvalue weighted by Crippen LogP contribution is 2.19. The standard InChI is InChI=1S/C11H16/c1-3-4-7-10(2)11-8-5-6-9-11/h5-8H,3-4,9H2,1-2H3. The van der Waals surface area contributed by atoms with Crippen molar-refractivity contribution in [3.05, 3.63) is 35.5 Å². The van der Waals surface area contributed by atoms with Crippen molar-refractivity contribution in [2.24, 2.45) is 0 Å². The first kappa shape index (κ1) is 8.32. The monoisotopic (exact) mass is 148 g/mol. The second kappa shape index (κ2) is 4.17. The van der Waals surface area contributed by atoms with E-state index in [4.69, 9.17) is 0 Å². The van der Waals surface area contributed by atoms with Crippen LogP contribution in [0.1, 0.15) is 33.1 Å². The summed E-state index contributed by atoms with van der Waals surface area (Å²) in [5, 5.41) is 0. The molecule has 0 aromatic heterocycles. The van der Waals surface area contributed by atoms with Gasteiger partial charge in [0.1, 0.15) is 0 Å². The van der Waals surface area contributed by atoms with Gasteiger partial charge in [0, 0.05) is 0 Å². The Labute approximate surface area is 69.3 Å². The highest BCUT2D eigenvalue weighted by molar-refractivity contribution is 5.37. The summed E-state index contributed by atoms with van der Waals surface area (Å²) < 4.78 is 0. The predicted molar refractivity (Wildman–Crippen MR) is 50.5 cm³/mol. The van der Waals surface area contributed by atoms with E-state index in [9.17, 15) is 0 Å². The Morgan fingerprint density at radius 3 is 3.00 bits per heavy atom. The molecule has 1 aliphatic carbocycles. The zero-order chi connectivity index (χ0) is 8.10. The lowest BCUT2D eigenvalue weighted by atomic mass is 10.1. The maximum absolute atomic E-state index is 2.33. The van der Waals surface area contributed by atoms with Crippen LogP contribution in [0.25, 0.3) is 0 Å². The van der Waals surface area contributed by atoms with Crippen LogP contribution in [-0.4, -0.2) is 0 Å². The largest absolute Gasteiger partial charge is 0.0813 e. The van der Waals surface area contributed by atoms with E-state index in [1.54, 1.807) is 0 Å². The van der Waals surface area contributed by atoms with Gasteiger partial charge in [-0.3, -0.25) is 0 Å². The zero-order valence-corrected chi connectivity index (χ0v) is 7.43. The molecular formula is C11H16. The lowest BCUT2D eigenvalue weighted by Gasteiger charge is -2.00. The Morgan fingerprint density at radius 1 is 1.64 bits per heavy atom.